The van der Waals surface area contributed by atoms with Crippen molar-refractivity contribution in [1.29, 1.82) is 0 Å². The Bertz CT molecular complexity index is 952. The molecule has 25 heavy (non-hydrogen) atoms. The van der Waals surface area contributed by atoms with Crippen LogP contribution in [0, 0.1) is 6.92 Å². The van der Waals surface area contributed by atoms with E-state index in [0.717, 1.165) is 41.9 Å². The first-order chi connectivity index (χ1) is 12.2. The summed E-state index contributed by atoms with van der Waals surface area (Å²) in [5, 5.41) is 0. The van der Waals surface area contributed by atoms with Gasteiger partial charge in [-0.2, -0.15) is 0 Å². The van der Waals surface area contributed by atoms with E-state index in [1.807, 2.05) is 31.5 Å². The molecule has 1 N–H and O–H groups in total. The zero-order chi connectivity index (χ0) is 17.2. The van der Waals surface area contributed by atoms with Crippen molar-refractivity contribution >= 4 is 0 Å². The Kier molecular flexibility index (Phi) is 4.11. The highest BCUT2D eigenvalue weighted by Crippen LogP contribution is 2.19. The molecule has 0 saturated carbocycles. The lowest BCUT2D eigenvalue weighted by atomic mass is 10.1. The molecule has 0 fully saturated rings. The number of aromatic amines is 1. The minimum atomic E-state index is -0.0520. The number of pyridine rings is 2. The van der Waals surface area contributed by atoms with Crippen LogP contribution in [-0.4, -0.2) is 31.4 Å². The first-order valence-corrected chi connectivity index (χ1v) is 8.34. The largest absolute Gasteiger partial charge is 0.306 e. The zero-order valence-electron chi connectivity index (χ0n) is 14.1. The smallest absolute Gasteiger partial charge is 0.255 e. The molecule has 0 radical (unpaired) electrons. The molecular formula is C19H19N5O. The molecule has 126 valence electrons. The van der Waals surface area contributed by atoms with Crippen molar-refractivity contribution in [1.82, 2.24) is 24.8 Å². The second-order valence-electron chi connectivity index (χ2n) is 6.41. The number of fused-ring (bicyclic) bond motifs is 1. The summed E-state index contributed by atoms with van der Waals surface area (Å²) in [5.74, 6) is 0.613. The van der Waals surface area contributed by atoms with Crippen LogP contribution in [0.1, 0.15) is 22.4 Å². The number of rotatable bonds is 3. The maximum Gasteiger partial charge on any atom is 0.255 e. The number of aryl methyl sites for hydroxylation is 1. The highest BCUT2D eigenvalue weighted by atomic mass is 16.1. The molecule has 0 saturated heterocycles. The van der Waals surface area contributed by atoms with E-state index in [2.05, 4.69) is 30.9 Å². The summed E-state index contributed by atoms with van der Waals surface area (Å²) < 4.78 is 0. The van der Waals surface area contributed by atoms with E-state index < -0.39 is 0 Å². The fourth-order valence-corrected chi connectivity index (χ4v) is 3.22. The predicted octanol–water partition coefficient (Wildman–Crippen LogP) is 2.09. The van der Waals surface area contributed by atoms with Crippen LogP contribution in [0.5, 0.6) is 0 Å². The highest BCUT2D eigenvalue weighted by Gasteiger charge is 2.21. The number of H-pyrrole nitrogens is 1. The van der Waals surface area contributed by atoms with Crippen molar-refractivity contribution in [2.75, 3.05) is 6.54 Å². The molecule has 0 aromatic carbocycles. The Morgan fingerprint density at radius 1 is 1.20 bits per heavy atom. The van der Waals surface area contributed by atoms with E-state index in [-0.39, 0.29) is 5.56 Å². The van der Waals surface area contributed by atoms with Crippen molar-refractivity contribution in [3.05, 3.63) is 75.7 Å². The molecule has 4 rings (SSSR count). The molecule has 1 aliphatic rings. The van der Waals surface area contributed by atoms with Gasteiger partial charge in [0, 0.05) is 56.4 Å². The van der Waals surface area contributed by atoms with Gasteiger partial charge in [0.05, 0.1) is 11.3 Å². The summed E-state index contributed by atoms with van der Waals surface area (Å²) in [7, 11) is 0. The fourth-order valence-electron chi connectivity index (χ4n) is 3.22. The monoisotopic (exact) mass is 333 g/mol. The quantitative estimate of drug-likeness (QED) is 0.794. The number of nitrogens with zero attached hydrogens (tertiary/aromatic N) is 4. The maximum absolute atomic E-state index is 12.6. The molecule has 1 aliphatic heterocycles. The van der Waals surface area contributed by atoms with Gasteiger partial charge in [-0.05, 0) is 30.2 Å². The maximum atomic E-state index is 12.6. The molecular weight excluding hydrogens is 314 g/mol. The molecule has 0 atom stereocenters. The molecule has 6 heteroatoms. The standard InChI is InChI=1S/C19H19N5O/c1-13-8-14(10-21-9-13)11-24-7-4-17-16(12-24)19(25)23-18(22-17)15-2-5-20-6-3-15/h2-3,5-6,8-10H,4,7,11-12H2,1H3,(H,22,23,25). The Morgan fingerprint density at radius 3 is 2.84 bits per heavy atom. The van der Waals surface area contributed by atoms with Crippen LogP contribution in [0.4, 0.5) is 0 Å². The zero-order valence-corrected chi connectivity index (χ0v) is 14.1. The Hall–Kier alpha value is -2.86. The second kappa shape index (κ2) is 6.57. The van der Waals surface area contributed by atoms with E-state index in [9.17, 15) is 4.79 Å². The summed E-state index contributed by atoms with van der Waals surface area (Å²) in [4.78, 5) is 30.7. The van der Waals surface area contributed by atoms with E-state index in [0.29, 0.717) is 12.4 Å². The van der Waals surface area contributed by atoms with E-state index in [4.69, 9.17) is 0 Å². The fraction of sp³-hybridized carbons (Fsp3) is 0.263. The molecule has 0 spiro atoms. The van der Waals surface area contributed by atoms with Gasteiger partial charge in [0.1, 0.15) is 5.82 Å². The minimum absolute atomic E-state index is 0.0520. The van der Waals surface area contributed by atoms with Crippen LogP contribution in [0.2, 0.25) is 0 Å². The molecule has 3 aromatic heterocycles. The third-order valence-electron chi connectivity index (χ3n) is 4.44. The van der Waals surface area contributed by atoms with E-state index >= 15 is 0 Å². The van der Waals surface area contributed by atoms with Gasteiger partial charge < -0.3 is 4.98 Å². The molecule has 3 aromatic rings. The van der Waals surface area contributed by atoms with Gasteiger partial charge in [-0.15, -0.1) is 0 Å². The van der Waals surface area contributed by atoms with E-state index in [1.165, 1.54) is 5.56 Å². The Balaban J connectivity index is 1.58. The van der Waals surface area contributed by atoms with Gasteiger partial charge in [-0.25, -0.2) is 4.98 Å². The lowest BCUT2D eigenvalue weighted by Gasteiger charge is -2.27. The van der Waals surface area contributed by atoms with Crippen LogP contribution < -0.4 is 5.56 Å². The molecule has 0 bridgehead atoms. The average Bonchev–Trinajstić information content (AvgIpc) is 2.63. The third-order valence-corrected chi connectivity index (χ3v) is 4.44. The number of nitrogens with one attached hydrogen (secondary N) is 1. The second-order valence-corrected chi connectivity index (χ2v) is 6.41. The van der Waals surface area contributed by atoms with Gasteiger partial charge in [-0.3, -0.25) is 19.7 Å². The Morgan fingerprint density at radius 2 is 2.04 bits per heavy atom. The molecule has 0 amide bonds. The summed E-state index contributed by atoms with van der Waals surface area (Å²) in [6.07, 6.45) is 7.91. The van der Waals surface area contributed by atoms with Crippen molar-refractivity contribution in [2.24, 2.45) is 0 Å². The third kappa shape index (κ3) is 3.34. The van der Waals surface area contributed by atoms with Gasteiger partial charge in [-0.1, -0.05) is 6.07 Å². The summed E-state index contributed by atoms with van der Waals surface area (Å²) >= 11 is 0. The lowest BCUT2D eigenvalue weighted by molar-refractivity contribution is 0.241. The number of hydrogen-bond acceptors (Lipinski definition) is 5. The SMILES string of the molecule is Cc1cncc(CN2CCc3nc(-c4ccncc4)[nH]c(=O)c3C2)c1. The van der Waals surface area contributed by atoms with Gasteiger partial charge >= 0.3 is 0 Å². The van der Waals surface area contributed by atoms with Crippen molar-refractivity contribution < 1.29 is 0 Å². The van der Waals surface area contributed by atoms with Crippen molar-refractivity contribution in [3.63, 3.8) is 0 Å². The molecule has 0 unspecified atom stereocenters. The number of hydrogen-bond donors (Lipinski definition) is 1. The summed E-state index contributed by atoms with van der Waals surface area (Å²) in [6, 6.07) is 5.84. The van der Waals surface area contributed by atoms with E-state index in [1.54, 1.807) is 12.4 Å². The Labute approximate surface area is 145 Å². The van der Waals surface area contributed by atoms with Crippen LogP contribution in [0.15, 0.2) is 47.8 Å². The van der Waals surface area contributed by atoms with Gasteiger partial charge in [0.2, 0.25) is 0 Å². The van der Waals surface area contributed by atoms with Crippen LogP contribution in [0.25, 0.3) is 11.4 Å². The topological polar surface area (TPSA) is 74.8 Å². The first kappa shape index (κ1) is 15.7. The van der Waals surface area contributed by atoms with Crippen LogP contribution in [0.3, 0.4) is 0 Å². The van der Waals surface area contributed by atoms with Crippen molar-refractivity contribution in [2.45, 2.75) is 26.4 Å². The first-order valence-electron chi connectivity index (χ1n) is 8.34. The number of aromatic nitrogens is 4. The lowest BCUT2D eigenvalue weighted by Crippen LogP contribution is -2.35. The summed E-state index contributed by atoms with van der Waals surface area (Å²) in [6.45, 7) is 4.33. The summed E-state index contributed by atoms with van der Waals surface area (Å²) in [5.41, 5.74) is 4.81. The minimum Gasteiger partial charge on any atom is -0.306 e. The predicted molar refractivity (Wildman–Crippen MR) is 94.9 cm³/mol. The van der Waals surface area contributed by atoms with Crippen LogP contribution >= 0.6 is 0 Å². The van der Waals surface area contributed by atoms with Gasteiger partial charge in [0.25, 0.3) is 5.56 Å². The average molecular weight is 333 g/mol. The normalized spacial score (nSPS) is 14.3. The van der Waals surface area contributed by atoms with Gasteiger partial charge in [0.15, 0.2) is 0 Å². The molecule has 6 nitrogen and oxygen atoms in total. The highest BCUT2D eigenvalue weighted by molar-refractivity contribution is 5.54. The van der Waals surface area contributed by atoms with Crippen LogP contribution in [-0.2, 0) is 19.5 Å². The molecule has 0 aliphatic carbocycles. The molecule has 4 heterocycles. The van der Waals surface area contributed by atoms with Crippen molar-refractivity contribution in [3.8, 4) is 11.4 Å².